The summed E-state index contributed by atoms with van der Waals surface area (Å²) in [7, 11) is 0. The zero-order valence-corrected chi connectivity index (χ0v) is 10.1. The van der Waals surface area contributed by atoms with Crippen LogP contribution in [0.4, 0.5) is 11.4 Å². The van der Waals surface area contributed by atoms with E-state index in [2.05, 4.69) is 10.2 Å². The van der Waals surface area contributed by atoms with Gasteiger partial charge in [0.25, 0.3) is 0 Å². The maximum Gasteiger partial charge on any atom is 0.163 e. The van der Waals surface area contributed by atoms with Gasteiger partial charge in [-0.3, -0.25) is 0 Å². The van der Waals surface area contributed by atoms with E-state index < -0.39 is 0 Å². The summed E-state index contributed by atoms with van der Waals surface area (Å²) < 4.78 is 5.28. The number of nitrogens with zero attached hydrogens (tertiary/aromatic N) is 2. The van der Waals surface area contributed by atoms with Crippen LogP contribution in [0.5, 0.6) is 11.5 Å². The second-order valence-corrected chi connectivity index (χ2v) is 3.62. The topological polar surface area (TPSA) is 54.2 Å². The highest BCUT2D eigenvalue weighted by molar-refractivity contribution is 5.51. The quantitative estimate of drug-likeness (QED) is 0.816. The zero-order valence-electron chi connectivity index (χ0n) is 10.1. The Hall–Kier alpha value is -2.36. The molecule has 0 amide bonds. The van der Waals surface area contributed by atoms with E-state index in [1.54, 1.807) is 18.2 Å². The molecule has 0 fully saturated rings. The van der Waals surface area contributed by atoms with Gasteiger partial charge in [0, 0.05) is 6.07 Å². The molecule has 0 aliphatic heterocycles. The average Bonchev–Trinajstić information content (AvgIpc) is 2.41. The van der Waals surface area contributed by atoms with Gasteiger partial charge in [-0.05, 0) is 31.2 Å². The minimum absolute atomic E-state index is 0.107. The summed E-state index contributed by atoms with van der Waals surface area (Å²) in [4.78, 5) is 0. The molecule has 0 saturated carbocycles. The first-order valence-corrected chi connectivity index (χ1v) is 5.72. The molecule has 0 radical (unpaired) electrons. The number of azo groups is 1. The number of phenols is 1. The molecule has 0 aliphatic rings. The standard InChI is InChI=1S/C14H14N2O2/c1-2-18-14-10-12(8-9-13(14)17)16-15-11-6-4-3-5-7-11/h3-10,17H,2H2,1H3. The van der Waals surface area contributed by atoms with Crippen LogP contribution >= 0.6 is 0 Å². The lowest BCUT2D eigenvalue weighted by Crippen LogP contribution is -1.90. The Morgan fingerprint density at radius 1 is 1.00 bits per heavy atom. The first kappa shape index (κ1) is 12.1. The van der Waals surface area contributed by atoms with Crippen LogP contribution in [0.25, 0.3) is 0 Å². The first-order chi connectivity index (χ1) is 8.79. The number of hydrogen-bond acceptors (Lipinski definition) is 4. The lowest BCUT2D eigenvalue weighted by Gasteiger charge is -2.05. The summed E-state index contributed by atoms with van der Waals surface area (Å²) in [6.45, 7) is 2.35. The van der Waals surface area contributed by atoms with Crippen molar-refractivity contribution in [3.63, 3.8) is 0 Å². The Morgan fingerprint density at radius 3 is 2.44 bits per heavy atom. The van der Waals surface area contributed by atoms with Crippen LogP contribution in [0.3, 0.4) is 0 Å². The van der Waals surface area contributed by atoms with Crippen molar-refractivity contribution in [2.24, 2.45) is 10.2 Å². The fraction of sp³-hybridized carbons (Fsp3) is 0.143. The van der Waals surface area contributed by atoms with Gasteiger partial charge in [-0.25, -0.2) is 0 Å². The number of benzene rings is 2. The van der Waals surface area contributed by atoms with E-state index in [0.717, 1.165) is 5.69 Å². The molecule has 0 aliphatic carbocycles. The van der Waals surface area contributed by atoms with Gasteiger partial charge in [-0.15, -0.1) is 0 Å². The van der Waals surface area contributed by atoms with Crippen LogP contribution in [0, 0.1) is 0 Å². The molecule has 0 bridgehead atoms. The highest BCUT2D eigenvalue weighted by Crippen LogP contribution is 2.31. The number of rotatable bonds is 4. The average molecular weight is 242 g/mol. The van der Waals surface area contributed by atoms with Crippen LogP contribution < -0.4 is 4.74 Å². The fourth-order valence-electron chi connectivity index (χ4n) is 1.45. The second-order valence-electron chi connectivity index (χ2n) is 3.62. The predicted molar refractivity (Wildman–Crippen MR) is 69.9 cm³/mol. The summed E-state index contributed by atoms with van der Waals surface area (Å²) in [5.41, 5.74) is 1.42. The predicted octanol–water partition coefficient (Wildman–Crippen LogP) is 4.21. The van der Waals surface area contributed by atoms with E-state index >= 15 is 0 Å². The van der Waals surface area contributed by atoms with E-state index in [0.29, 0.717) is 18.0 Å². The molecule has 0 unspecified atom stereocenters. The van der Waals surface area contributed by atoms with E-state index in [4.69, 9.17) is 4.74 Å². The van der Waals surface area contributed by atoms with Crippen molar-refractivity contribution in [2.45, 2.75) is 6.92 Å². The van der Waals surface area contributed by atoms with Crippen LogP contribution in [0.2, 0.25) is 0 Å². The largest absolute Gasteiger partial charge is 0.504 e. The van der Waals surface area contributed by atoms with Crippen LogP contribution in [0.1, 0.15) is 6.92 Å². The van der Waals surface area contributed by atoms with Crippen LogP contribution in [-0.4, -0.2) is 11.7 Å². The molecule has 0 spiro atoms. The summed E-state index contributed by atoms with van der Waals surface area (Å²) in [5.74, 6) is 0.525. The Morgan fingerprint density at radius 2 is 1.72 bits per heavy atom. The van der Waals surface area contributed by atoms with Crippen molar-refractivity contribution >= 4 is 11.4 Å². The highest BCUT2D eigenvalue weighted by Gasteiger charge is 2.02. The van der Waals surface area contributed by atoms with Crippen molar-refractivity contribution in [3.8, 4) is 11.5 Å². The van der Waals surface area contributed by atoms with Crippen LogP contribution in [-0.2, 0) is 0 Å². The third-order valence-electron chi connectivity index (χ3n) is 2.28. The van der Waals surface area contributed by atoms with Crippen molar-refractivity contribution < 1.29 is 9.84 Å². The molecule has 0 atom stereocenters. The summed E-state index contributed by atoms with van der Waals surface area (Å²) in [6.07, 6.45) is 0. The number of hydrogen-bond donors (Lipinski definition) is 1. The van der Waals surface area contributed by atoms with Gasteiger partial charge in [0.2, 0.25) is 0 Å². The van der Waals surface area contributed by atoms with E-state index in [1.807, 2.05) is 37.3 Å². The van der Waals surface area contributed by atoms with E-state index in [-0.39, 0.29) is 5.75 Å². The SMILES string of the molecule is CCOc1cc(N=Nc2ccccc2)ccc1O. The number of aromatic hydroxyl groups is 1. The normalized spacial score (nSPS) is 10.7. The maximum absolute atomic E-state index is 9.55. The summed E-state index contributed by atoms with van der Waals surface area (Å²) >= 11 is 0. The Bertz CT molecular complexity index is 539. The molecular formula is C14H14N2O2. The molecular weight excluding hydrogens is 228 g/mol. The third kappa shape index (κ3) is 3.07. The minimum atomic E-state index is 0.107. The molecule has 0 saturated heterocycles. The molecule has 2 aromatic rings. The summed E-state index contributed by atoms with van der Waals surface area (Å²) in [6, 6.07) is 14.3. The van der Waals surface area contributed by atoms with Crippen molar-refractivity contribution in [1.29, 1.82) is 0 Å². The van der Waals surface area contributed by atoms with Gasteiger partial charge in [-0.2, -0.15) is 10.2 Å². The van der Waals surface area contributed by atoms with Gasteiger partial charge < -0.3 is 9.84 Å². The van der Waals surface area contributed by atoms with Crippen LogP contribution in [0.15, 0.2) is 58.8 Å². The Kier molecular flexibility index (Phi) is 3.91. The highest BCUT2D eigenvalue weighted by atomic mass is 16.5. The molecule has 92 valence electrons. The van der Waals surface area contributed by atoms with Crippen molar-refractivity contribution in [3.05, 3.63) is 48.5 Å². The van der Waals surface area contributed by atoms with Crippen molar-refractivity contribution in [1.82, 2.24) is 0 Å². The molecule has 1 N–H and O–H groups in total. The Balaban J connectivity index is 2.19. The molecule has 2 rings (SSSR count). The number of ether oxygens (including phenoxy) is 1. The molecule has 0 aromatic heterocycles. The molecule has 4 heteroatoms. The molecule has 4 nitrogen and oxygen atoms in total. The molecule has 18 heavy (non-hydrogen) atoms. The lowest BCUT2D eigenvalue weighted by molar-refractivity contribution is 0.318. The lowest BCUT2D eigenvalue weighted by atomic mass is 10.3. The smallest absolute Gasteiger partial charge is 0.163 e. The minimum Gasteiger partial charge on any atom is -0.504 e. The summed E-state index contributed by atoms with van der Waals surface area (Å²) in [5, 5.41) is 17.7. The van der Waals surface area contributed by atoms with Gasteiger partial charge in [-0.1, -0.05) is 18.2 Å². The first-order valence-electron chi connectivity index (χ1n) is 5.72. The van der Waals surface area contributed by atoms with Gasteiger partial charge in [0.1, 0.15) is 0 Å². The van der Waals surface area contributed by atoms with Gasteiger partial charge in [0.05, 0.1) is 18.0 Å². The fourth-order valence-corrected chi connectivity index (χ4v) is 1.45. The van der Waals surface area contributed by atoms with Gasteiger partial charge in [0.15, 0.2) is 11.5 Å². The van der Waals surface area contributed by atoms with Crippen molar-refractivity contribution in [2.75, 3.05) is 6.61 Å². The monoisotopic (exact) mass is 242 g/mol. The Labute approximate surface area is 106 Å². The third-order valence-corrected chi connectivity index (χ3v) is 2.28. The molecule has 0 heterocycles. The van der Waals surface area contributed by atoms with Gasteiger partial charge >= 0.3 is 0 Å². The number of phenolic OH excluding ortho intramolecular Hbond substituents is 1. The maximum atomic E-state index is 9.55. The second kappa shape index (κ2) is 5.82. The molecule has 2 aromatic carbocycles. The van der Waals surface area contributed by atoms with E-state index in [1.165, 1.54) is 0 Å². The van der Waals surface area contributed by atoms with E-state index in [9.17, 15) is 5.11 Å². The zero-order chi connectivity index (χ0) is 12.8.